The van der Waals surface area contributed by atoms with Crippen molar-refractivity contribution in [2.24, 2.45) is 44.3 Å². The summed E-state index contributed by atoms with van der Waals surface area (Å²) in [7, 11) is 0. The van der Waals surface area contributed by atoms with E-state index in [1.165, 1.54) is 25.8 Å². The van der Waals surface area contributed by atoms with Gasteiger partial charge in [0.2, 0.25) is 0 Å². The summed E-state index contributed by atoms with van der Waals surface area (Å²) in [5.41, 5.74) is 3.76. The Morgan fingerprint density at radius 1 is 0.891 bits per heavy atom. The van der Waals surface area contributed by atoms with Crippen molar-refractivity contribution in [3.8, 4) is 0 Å². The van der Waals surface area contributed by atoms with Crippen LogP contribution in [0.15, 0.2) is 47.6 Å². The van der Waals surface area contributed by atoms with Crippen LogP contribution in [0.5, 0.6) is 0 Å². The molecule has 5 aliphatic rings. The number of nitrogens with one attached hydrogen (secondary N) is 1. The fraction of sp³-hybridized carbons (Fsp3) is 0.675. The van der Waals surface area contributed by atoms with Crippen LogP contribution in [0.1, 0.15) is 134 Å². The molecule has 6 unspecified atom stereocenters. The summed E-state index contributed by atoms with van der Waals surface area (Å²) in [6.07, 6.45) is 14.9. The molecule has 0 aromatic heterocycles. The molecule has 0 spiro atoms. The van der Waals surface area contributed by atoms with Crippen molar-refractivity contribution in [1.29, 1.82) is 0 Å². The predicted octanol–water partition coefficient (Wildman–Crippen LogP) is 8.77. The van der Waals surface area contributed by atoms with Crippen molar-refractivity contribution in [2.75, 3.05) is 6.61 Å². The van der Waals surface area contributed by atoms with E-state index in [1.54, 1.807) is 29.3 Å². The van der Waals surface area contributed by atoms with E-state index in [1.807, 2.05) is 0 Å². The number of carboxylic acid groups (broad SMARTS) is 1. The Balaban J connectivity index is 1.31. The number of hydrogen-bond acceptors (Lipinski definition) is 4. The van der Waals surface area contributed by atoms with E-state index in [0.717, 1.165) is 44.9 Å². The lowest BCUT2D eigenvalue weighted by Gasteiger charge is -2.69. The van der Waals surface area contributed by atoms with E-state index in [9.17, 15) is 19.5 Å². The summed E-state index contributed by atoms with van der Waals surface area (Å²) in [5, 5.41) is 13.0. The van der Waals surface area contributed by atoms with Gasteiger partial charge in [-0.2, -0.15) is 0 Å². The molecule has 5 aliphatic carbocycles. The molecule has 0 heterocycles. The number of ether oxygens (including phenoxy) is 1. The molecule has 0 radical (unpaired) electrons. The van der Waals surface area contributed by atoms with Gasteiger partial charge in [0.25, 0.3) is 5.91 Å². The van der Waals surface area contributed by atoms with Gasteiger partial charge in [-0.15, -0.1) is 0 Å². The van der Waals surface area contributed by atoms with Gasteiger partial charge in [-0.25, -0.2) is 4.79 Å². The topological polar surface area (TPSA) is 92.7 Å². The lowest BCUT2D eigenvalue weighted by atomic mass is 9.35. The molecular weight excluding hydrogens is 574 g/mol. The van der Waals surface area contributed by atoms with Gasteiger partial charge in [-0.05, 0) is 114 Å². The average Bonchev–Trinajstić information content (AvgIpc) is 2.99. The van der Waals surface area contributed by atoms with E-state index in [0.29, 0.717) is 18.4 Å². The molecular formula is C40H55NO5. The van der Waals surface area contributed by atoms with Crippen LogP contribution in [0.2, 0.25) is 0 Å². The third kappa shape index (κ3) is 4.82. The van der Waals surface area contributed by atoms with Gasteiger partial charge in [-0.3, -0.25) is 9.59 Å². The average molecular weight is 630 g/mol. The fourth-order valence-corrected chi connectivity index (χ4v) is 11.5. The monoisotopic (exact) mass is 629 g/mol. The fourth-order valence-electron chi connectivity index (χ4n) is 11.5. The number of benzene rings is 1. The summed E-state index contributed by atoms with van der Waals surface area (Å²) in [6.45, 7) is 19.1. The highest BCUT2D eigenvalue weighted by Crippen LogP contribution is 2.74. The first-order chi connectivity index (χ1) is 21.4. The number of carboxylic acids is 1. The van der Waals surface area contributed by atoms with Crippen LogP contribution in [-0.2, 0) is 9.53 Å². The number of amides is 1. The van der Waals surface area contributed by atoms with E-state index >= 15 is 0 Å². The zero-order valence-electron chi connectivity index (χ0n) is 29.3. The molecule has 3 fully saturated rings. The number of rotatable bonds is 5. The molecule has 0 saturated heterocycles. The third-order valence-corrected chi connectivity index (χ3v) is 14.7. The highest BCUT2D eigenvalue weighted by atomic mass is 16.5. The minimum Gasteiger partial charge on any atom is -0.478 e. The Morgan fingerprint density at radius 2 is 1.57 bits per heavy atom. The summed E-state index contributed by atoms with van der Waals surface area (Å²) >= 11 is 0. The lowest BCUT2D eigenvalue weighted by molar-refractivity contribution is -0.158. The summed E-state index contributed by atoms with van der Waals surface area (Å²) in [4.78, 5) is 37.1. The molecule has 6 heteroatoms. The zero-order valence-corrected chi connectivity index (χ0v) is 29.3. The predicted molar refractivity (Wildman–Crippen MR) is 180 cm³/mol. The van der Waals surface area contributed by atoms with E-state index in [2.05, 4.69) is 65.9 Å². The minimum absolute atomic E-state index is 0.0290. The number of carbonyl (C=O) groups is 3. The molecule has 46 heavy (non-hydrogen) atoms. The molecule has 0 bridgehead atoms. The van der Waals surface area contributed by atoms with Crippen molar-refractivity contribution in [3.05, 3.63) is 58.7 Å². The normalized spacial score (nSPS) is 40.9. The largest absolute Gasteiger partial charge is 0.478 e. The second-order valence-electron chi connectivity index (χ2n) is 17.6. The standard InChI is InChI=1S/C40H55NO5/c1-25(42)46-24-36(4)19-20-37(5)21-22-39(7)28(29(37)23-36)13-14-31-38(6)17-16-32(35(2,3)30(38)15-18-40(31,39)8)41-33(43)26-11-9-10-12-27(26)34(44)45/h9-14,30-32H,15-24H2,1-8H3,(H,41,43)(H,44,45)/t30?,31?,32?,36-,37?,38?,39+,40?/m0/s1. The first kappa shape index (κ1) is 33.0. The number of allylic oxidation sites excluding steroid dienone is 4. The lowest BCUT2D eigenvalue weighted by Crippen LogP contribution is -2.64. The molecule has 250 valence electrons. The van der Waals surface area contributed by atoms with Gasteiger partial charge >= 0.3 is 11.9 Å². The highest BCUT2D eigenvalue weighted by molar-refractivity contribution is 6.04. The van der Waals surface area contributed by atoms with Crippen LogP contribution in [0.25, 0.3) is 0 Å². The van der Waals surface area contributed by atoms with E-state index in [4.69, 9.17) is 4.74 Å². The van der Waals surface area contributed by atoms with Crippen molar-refractivity contribution >= 4 is 17.8 Å². The van der Waals surface area contributed by atoms with Gasteiger partial charge in [0, 0.05) is 18.4 Å². The smallest absolute Gasteiger partial charge is 0.336 e. The van der Waals surface area contributed by atoms with Crippen molar-refractivity contribution in [2.45, 2.75) is 119 Å². The number of hydrogen-bond donors (Lipinski definition) is 2. The second kappa shape index (κ2) is 10.8. The van der Waals surface area contributed by atoms with Crippen LogP contribution in [0.3, 0.4) is 0 Å². The first-order valence-electron chi connectivity index (χ1n) is 17.6. The van der Waals surface area contributed by atoms with Crippen molar-refractivity contribution in [1.82, 2.24) is 5.32 Å². The van der Waals surface area contributed by atoms with Crippen LogP contribution < -0.4 is 5.32 Å². The molecule has 1 aromatic carbocycles. The molecule has 2 N–H and O–H groups in total. The van der Waals surface area contributed by atoms with Crippen molar-refractivity contribution < 1.29 is 24.2 Å². The van der Waals surface area contributed by atoms with Crippen molar-refractivity contribution in [3.63, 3.8) is 0 Å². The maximum atomic E-state index is 13.5. The quantitative estimate of drug-likeness (QED) is 0.318. The number of esters is 1. The Morgan fingerprint density at radius 3 is 2.24 bits per heavy atom. The Kier molecular flexibility index (Phi) is 7.77. The first-order valence-corrected chi connectivity index (χ1v) is 17.6. The Bertz CT molecular complexity index is 1520. The van der Waals surface area contributed by atoms with Gasteiger partial charge < -0.3 is 15.2 Å². The number of aromatic carboxylic acids is 1. The maximum Gasteiger partial charge on any atom is 0.336 e. The van der Waals surface area contributed by atoms with Crippen LogP contribution in [-0.4, -0.2) is 35.6 Å². The molecule has 8 atom stereocenters. The van der Waals surface area contributed by atoms with Gasteiger partial charge in [0.05, 0.1) is 17.7 Å². The molecule has 6 nitrogen and oxygen atoms in total. The van der Waals surface area contributed by atoms with Gasteiger partial charge in [0.1, 0.15) is 0 Å². The van der Waals surface area contributed by atoms with E-state index in [-0.39, 0.29) is 61.5 Å². The Hall–Kier alpha value is -2.89. The van der Waals surface area contributed by atoms with E-state index < -0.39 is 5.97 Å². The third-order valence-electron chi connectivity index (χ3n) is 14.7. The maximum absolute atomic E-state index is 13.5. The van der Waals surface area contributed by atoms with Crippen LogP contribution in [0.4, 0.5) is 0 Å². The number of fused-ring (bicyclic) bond motifs is 6. The molecule has 1 aromatic rings. The summed E-state index contributed by atoms with van der Waals surface area (Å²) in [6, 6.07) is 6.48. The molecule has 1 amide bonds. The molecule has 3 saturated carbocycles. The van der Waals surface area contributed by atoms with Crippen LogP contribution >= 0.6 is 0 Å². The molecule has 0 aliphatic heterocycles. The highest BCUT2D eigenvalue weighted by Gasteiger charge is 2.66. The zero-order chi connectivity index (χ0) is 33.5. The summed E-state index contributed by atoms with van der Waals surface area (Å²) < 4.78 is 5.60. The minimum atomic E-state index is -1.08. The number of carbonyl (C=O) groups excluding carboxylic acids is 2. The summed E-state index contributed by atoms with van der Waals surface area (Å²) in [5.74, 6) is -0.715. The van der Waals surface area contributed by atoms with Crippen LogP contribution in [0, 0.1) is 44.3 Å². The SMILES string of the molecule is CC(=O)OC[C@@]1(C)CCC2(C)CC[C@]3(C)C(=C2C1)C=CC1C2(C)CCC(NC(=O)c4ccccc4C(=O)O)C(C)(C)C2CCC13C. The Labute approximate surface area is 275 Å². The van der Waals surface area contributed by atoms with Gasteiger partial charge in [0.15, 0.2) is 0 Å². The van der Waals surface area contributed by atoms with Gasteiger partial charge in [-0.1, -0.05) is 78.3 Å². The molecule has 6 rings (SSSR count). The second-order valence-corrected chi connectivity index (χ2v) is 17.6.